The smallest absolute Gasteiger partial charge is 0.370 e. The van der Waals surface area contributed by atoms with Gasteiger partial charge in [-0.05, 0) is 31.7 Å². The monoisotopic (exact) mass is 318 g/mol. The van der Waals surface area contributed by atoms with Crippen LogP contribution in [0, 0.1) is 0 Å². The van der Waals surface area contributed by atoms with Crippen molar-refractivity contribution >= 4 is 8.56 Å². The second kappa shape index (κ2) is 9.95. The molecule has 4 nitrogen and oxygen atoms in total. The molecule has 0 amide bonds. The molecule has 0 radical (unpaired) electrons. The first kappa shape index (κ1) is 19.1. The fraction of sp³-hybridized carbons (Fsp3) is 1.00. The van der Waals surface area contributed by atoms with Gasteiger partial charge in [-0.25, -0.2) is 0 Å². The molecule has 0 saturated carbocycles. The maximum Gasteiger partial charge on any atom is 0.370 e. The molecule has 1 unspecified atom stereocenters. The zero-order chi connectivity index (χ0) is 15.6. The average molecular weight is 319 g/mol. The first-order valence-corrected chi connectivity index (χ1v) is 10.5. The Morgan fingerprint density at radius 1 is 0.952 bits per heavy atom. The Bertz CT molecular complexity index is 271. The number of hydrogen-bond acceptors (Lipinski definition) is 4. The summed E-state index contributed by atoms with van der Waals surface area (Å²) in [7, 11) is 3.12. The molecular weight excluding hydrogens is 284 g/mol. The molecule has 0 spiro atoms. The van der Waals surface area contributed by atoms with Crippen LogP contribution in [-0.4, -0.2) is 48.3 Å². The van der Waals surface area contributed by atoms with E-state index in [4.69, 9.17) is 18.3 Å². The first-order valence-electron chi connectivity index (χ1n) is 8.43. The van der Waals surface area contributed by atoms with Crippen molar-refractivity contribution < 1.29 is 18.3 Å². The van der Waals surface area contributed by atoms with E-state index in [9.17, 15) is 0 Å². The van der Waals surface area contributed by atoms with Crippen LogP contribution >= 0.6 is 0 Å². The Morgan fingerprint density at radius 2 is 1.67 bits per heavy atom. The van der Waals surface area contributed by atoms with Gasteiger partial charge in [0.1, 0.15) is 5.22 Å². The fourth-order valence-electron chi connectivity index (χ4n) is 3.54. The summed E-state index contributed by atoms with van der Waals surface area (Å²) in [6.45, 7) is 3.91. The molecule has 1 atom stereocenters. The van der Waals surface area contributed by atoms with Gasteiger partial charge in [-0.3, -0.25) is 0 Å². The molecule has 0 N–H and O–H groups in total. The minimum atomic E-state index is -2.27. The lowest BCUT2D eigenvalue weighted by Gasteiger charge is -2.48. The Labute approximate surface area is 131 Å². The van der Waals surface area contributed by atoms with E-state index in [0.717, 1.165) is 38.5 Å². The van der Waals surface area contributed by atoms with Crippen LogP contribution in [0.15, 0.2) is 0 Å². The number of hydrogen-bond donors (Lipinski definition) is 0. The minimum Gasteiger partial charge on any atom is -0.396 e. The molecule has 1 fully saturated rings. The molecule has 0 aromatic heterocycles. The molecule has 1 aliphatic heterocycles. The van der Waals surface area contributed by atoms with Gasteiger partial charge in [0.25, 0.3) is 0 Å². The highest BCUT2D eigenvalue weighted by molar-refractivity contribution is 6.70. The highest BCUT2D eigenvalue weighted by Crippen LogP contribution is 2.42. The molecule has 1 rings (SSSR count). The molecule has 1 heterocycles. The highest BCUT2D eigenvalue weighted by atomic mass is 28.4. The van der Waals surface area contributed by atoms with Gasteiger partial charge in [0.05, 0.1) is 0 Å². The normalized spacial score (nSPS) is 25.1. The Balaban J connectivity index is 2.46. The van der Waals surface area contributed by atoms with E-state index in [2.05, 4.69) is 6.92 Å². The maximum absolute atomic E-state index is 5.98. The van der Waals surface area contributed by atoms with Gasteiger partial charge in [0.2, 0.25) is 0 Å². The van der Waals surface area contributed by atoms with Crippen molar-refractivity contribution in [2.75, 3.05) is 34.5 Å². The van der Waals surface area contributed by atoms with Crippen LogP contribution in [0.4, 0.5) is 0 Å². The predicted octanol–water partition coefficient (Wildman–Crippen LogP) is 3.82. The largest absolute Gasteiger partial charge is 0.396 e. The average Bonchev–Trinajstić information content (AvgIpc) is 2.54. The molecule has 0 aromatic rings. The van der Waals surface area contributed by atoms with Gasteiger partial charge in [0.15, 0.2) is 0 Å². The third-order valence-electron chi connectivity index (χ3n) is 4.84. The van der Waals surface area contributed by atoms with Gasteiger partial charge >= 0.3 is 8.56 Å². The van der Waals surface area contributed by atoms with Crippen molar-refractivity contribution in [3.8, 4) is 0 Å². The van der Waals surface area contributed by atoms with Crippen molar-refractivity contribution in [1.29, 1.82) is 0 Å². The molecule has 1 saturated heterocycles. The summed E-state index contributed by atoms with van der Waals surface area (Å²) >= 11 is 0. The summed E-state index contributed by atoms with van der Waals surface area (Å²) in [6, 6.07) is 1.03. The third kappa shape index (κ3) is 4.76. The summed E-state index contributed by atoms with van der Waals surface area (Å²) in [5.41, 5.74) is 0. The topological polar surface area (TPSA) is 36.9 Å². The second-order valence-electron chi connectivity index (χ2n) is 5.99. The van der Waals surface area contributed by atoms with E-state index in [1.165, 1.54) is 32.1 Å². The Morgan fingerprint density at radius 3 is 2.29 bits per heavy atom. The fourth-order valence-corrected chi connectivity index (χ4v) is 7.45. The molecule has 0 aromatic carbocycles. The molecule has 21 heavy (non-hydrogen) atoms. The maximum atomic E-state index is 5.98. The molecule has 1 aliphatic rings. The van der Waals surface area contributed by atoms with Gasteiger partial charge in [-0.1, -0.05) is 32.6 Å². The van der Waals surface area contributed by atoms with Crippen LogP contribution in [0.25, 0.3) is 0 Å². The van der Waals surface area contributed by atoms with Crippen molar-refractivity contribution in [1.82, 2.24) is 0 Å². The van der Waals surface area contributed by atoms with Gasteiger partial charge in [-0.2, -0.15) is 0 Å². The van der Waals surface area contributed by atoms with Gasteiger partial charge < -0.3 is 18.3 Å². The number of ether oxygens (including phenoxy) is 2. The molecule has 0 aliphatic carbocycles. The van der Waals surface area contributed by atoms with E-state index in [1.807, 2.05) is 7.11 Å². The van der Waals surface area contributed by atoms with Crippen LogP contribution in [0.5, 0.6) is 0 Å². The lowest BCUT2D eigenvalue weighted by Crippen LogP contribution is -2.64. The molecular formula is C16H34O4Si. The van der Waals surface area contributed by atoms with Gasteiger partial charge in [-0.15, -0.1) is 0 Å². The minimum absolute atomic E-state index is 0.207. The zero-order valence-corrected chi connectivity index (χ0v) is 15.4. The van der Waals surface area contributed by atoms with Crippen molar-refractivity contribution in [2.45, 2.75) is 69.6 Å². The lowest BCUT2D eigenvalue weighted by atomic mass is 10.1. The van der Waals surface area contributed by atoms with E-state index >= 15 is 0 Å². The first-order chi connectivity index (χ1) is 10.2. The molecule has 126 valence electrons. The Kier molecular flexibility index (Phi) is 9.05. The van der Waals surface area contributed by atoms with Crippen LogP contribution in [0.3, 0.4) is 0 Å². The van der Waals surface area contributed by atoms with Crippen molar-refractivity contribution in [3.63, 3.8) is 0 Å². The summed E-state index contributed by atoms with van der Waals surface area (Å²) in [6.07, 6.45) is 9.09. The lowest BCUT2D eigenvalue weighted by molar-refractivity contribution is -0.0206. The Hall–Kier alpha value is 0.0569. The van der Waals surface area contributed by atoms with Crippen LogP contribution < -0.4 is 0 Å². The van der Waals surface area contributed by atoms with Crippen LogP contribution in [0.1, 0.15) is 58.3 Å². The van der Waals surface area contributed by atoms with Crippen molar-refractivity contribution in [3.05, 3.63) is 0 Å². The predicted molar refractivity (Wildman–Crippen MR) is 87.7 cm³/mol. The zero-order valence-electron chi connectivity index (χ0n) is 14.4. The van der Waals surface area contributed by atoms with Crippen LogP contribution in [-0.2, 0) is 18.3 Å². The summed E-state index contributed by atoms with van der Waals surface area (Å²) in [5, 5.41) is -0.207. The number of unbranched alkanes of at least 4 members (excludes halogenated alkanes) is 2. The summed E-state index contributed by atoms with van der Waals surface area (Å²) < 4.78 is 23.5. The SMILES string of the molecule is CCCCCOCCCC1(OC)CCCC[Si]1(OC)OC. The molecule has 5 heteroatoms. The van der Waals surface area contributed by atoms with Crippen molar-refractivity contribution in [2.24, 2.45) is 0 Å². The van der Waals surface area contributed by atoms with Gasteiger partial charge in [0, 0.05) is 34.5 Å². The van der Waals surface area contributed by atoms with E-state index < -0.39 is 8.56 Å². The second-order valence-corrected chi connectivity index (χ2v) is 9.72. The number of methoxy groups -OCH3 is 1. The quantitative estimate of drug-likeness (QED) is 0.429. The van der Waals surface area contributed by atoms with E-state index in [-0.39, 0.29) is 5.22 Å². The summed E-state index contributed by atoms with van der Waals surface area (Å²) in [5.74, 6) is 0. The highest BCUT2D eigenvalue weighted by Gasteiger charge is 2.58. The molecule has 0 bridgehead atoms. The van der Waals surface area contributed by atoms with Crippen LogP contribution in [0.2, 0.25) is 6.04 Å². The third-order valence-corrected chi connectivity index (χ3v) is 9.27. The van der Waals surface area contributed by atoms with E-state index in [1.54, 1.807) is 14.2 Å². The van der Waals surface area contributed by atoms with E-state index in [0.29, 0.717) is 0 Å². The standard InChI is InChI=1S/C16H34O4Si/c1-5-6-8-13-20-14-10-12-16(17-2)11-7-9-15-21(16,18-3)19-4/h5-15H2,1-4H3. The summed E-state index contributed by atoms with van der Waals surface area (Å²) in [4.78, 5) is 0. The number of rotatable bonds is 11.